The van der Waals surface area contributed by atoms with Crippen molar-refractivity contribution >= 4 is 17.7 Å². The highest BCUT2D eigenvalue weighted by Gasteiger charge is 2.34. The van der Waals surface area contributed by atoms with Crippen molar-refractivity contribution in [2.45, 2.75) is 51.1 Å². The molecule has 0 radical (unpaired) electrons. The van der Waals surface area contributed by atoms with E-state index >= 15 is 0 Å². The third kappa shape index (κ3) is 4.35. The predicted molar refractivity (Wildman–Crippen MR) is 126 cm³/mol. The second-order valence-electron chi connectivity index (χ2n) is 8.83. The van der Waals surface area contributed by atoms with E-state index in [2.05, 4.69) is 15.0 Å². The summed E-state index contributed by atoms with van der Waals surface area (Å²) in [5, 5.41) is 7.74. The van der Waals surface area contributed by atoms with Crippen LogP contribution < -0.4 is 5.32 Å². The highest BCUT2D eigenvalue weighted by Crippen LogP contribution is 2.33. The molecule has 8 heteroatoms. The summed E-state index contributed by atoms with van der Waals surface area (Å²) in [7, 11) is 0. The average Bonchev–Trinajstić information content (AvgIpc) is 3.59. The molecule has 3 heterocycles. The fraction of sp³-hybridized carbons (Fsp3) is 0.346. The van der Waals surface area contributed by atoms with Gasteiger partial charge in [-0.1, -0.05) is 25.0 Å². The summed E-state index contributed by atoms with van der Waals surface area (Å²) in [6, 6.07) is 13.2. The smallest absolute Gasteiger partial charge is 0.261 e. The molecule has 2 aromatic heterocycles. The van der Waals surface area contributed by atoms with Crippen LogP contribution in [0.2, 0.25) is 0 Å². The predicted octanol–water partition coefficient (Wildman–Crippen LogP) is 3.75. The third-order valence-corrected chi connectivity index (χ3v) is 6.56. The largest absolute Gasteiger partial charge is 0.350 e. The molecule has 0 unspecified atom stereocenters. The first-order valence-corrected chi connectivity index (χ1v) is 11.8. The maximum absolute atomic E-state index is 12.4. The Hall–Kier alpha value is -3.81. The van der Waals surface area contributed by atoms with E-state index in [4.69, 9.17) is 5.10 Å². The molecule has 34 heavy (non-hydrogen) atoms. The number of nitrogens with one attached hydrogen (secondary N) is 1. The van der Waals surface area contributed by atoms with Gasteiger partial charge >= 0.3 is 0 Å². The van der Waals surface area contributed by atoms with Gasteiger partial charge in [0.2, 0.25) is 5.91 Å². The van der Waals surface area contributed by atoms with Crippen LogP contribution in [0.3, 0.4) is 0 Å². The number of carbonyl (C=O) groups is 3. The lowest BCUT2D eigenvalue weighted by molar-refractivity contribution is -0.121. The summed E-state index contributed by atoms with van der Waals surface area (Å²) in [6.07, 6.45) is 8.84. The summed E-state index contributed by atoms with van der Waals surface area (Å²) in [5.74, 6) is -0.707. The molecule has 1 aromatic carbocycles. The first-order chi connectivity index (χ1) is 16.6. The van der Waals surface area contributed by atoms with Gasteiger partial charge in [-0.2, -0.15) is 5.10 Å². The molecular weight excluding hydrogens is 430 g/mol. The molecule has 0 spiro atoms. The lowest BCUT2D eigenvalue weighted by Crippen LogP contribution is -2.32. The number of rotatable bonds is 8. The van der Waals surface area contributed by atoms with Crippen molar-refractivity contribution in [3.05, 3.63) is 71.7 Å². The number of nitrogens with zero attached hydrogens (tertiary/aromatic N) is 4. The van der Waals surface area contributed by atoms with Crippen molar-refractivity contribution < 1.29 is 14.4 Å². The Balaban J connectivity index is 1.17. The Bertz CT molecular complexity index is 1180. The lowest BCUT2D eigenvalue weighted by Gasteiger charge is -2.14. The van der Waals surface area contributed by atoms with Crippen LogP contribution in [0.25, 0.3) is 11.3 Å². The first kappa shape index (κ1) is 22.0. The second-order valence-corrected chi connectivity index (χ2v) is 8.83. The summed E-state index contributed by atoms with van der Waals surface area (Å²) in [6.45, 7) is 0.561. The number of aromatic nitrogens is 3. The van der Waals surface area contributed by atoms with Crippen molar-refractivity contribution in [2.24, 2.45) is 0 Å². The quantitative estimate of drug-likeness (QED) is 0.520. The van der Waals surface area contributed by atoms with Crippen LogP contribution in [0.1, 0.15) is 71.0 Å². The molecule has 1 N–H and O–H groups in total. The number of benzene rings is 1. The minimum Gasteiger partial charge on any atom is -0.350 e. The number of amides is 3. The summed E-state index contributed by atoms with van der Waals surface area (Å²) < 4.78 is 2.10. The van der Waals surface area contributed by atoms with Crippen LogP contribution in [0.5, 0.6) is 0 Å². The van der Waals surface area contributed by atoms with Gasteiger partial charge in [-0.25, -0.2) is 0 Å². The Morgan fingerprint density at radius 3 is 2.35 bits per heavy atom. The zero-order valence-electron chi connectivity index (χ0n) is 18.9. The number of hydrogen-bond donors (Lipinski definition) is 1. The molecule has 0 saturated heterocycles. The molecule has 1 aliphatic heterocycles. The van der Waals surface area contributed by atoms with E-state index in [1.54, 1.807) is 36.7 Å². The topological polar surface area (TPSA) is 97.2 Å². The summed E-state index contributed by atoms with van der Waals surface area (Å²) in [5.41, 5.74) is 3.78. The second kappa shape index (κ2) is 9.59. The molecule has 3 aromatic rings. The van der Waals surface area contributed by atoms with Gasteiger partial charge in [-0.3, -0.25) is 28.9 Å². The number of fused-ring (bicyclic) bond motifs is 1. The number of carbonyl (C=O) groups excluding carboxylic acids is 3. The highest BCUT2D eigenvalue weighted by atomic mass is 16.2. The fourth-order valence-electron chi connectivity index (χ4n) is 4.81. The normalized spacial score (nSPS) is 15.7. The van der Waals surface area contributed by atoms with Gasteiger partial charge in [0.15, 0.2) is 0 Å². The molecule has 1 aliphatic carbocycles. The van der Waals surface area contributed by atoms with Crippen LogP contribution in [0.4, 0.5) is 0 Å². The van der Waals surface area contributed by atoms with Crippen LogP contribution in [0.15, 0.2) is 54.9 Å². The highest BCUT2D eigenvalue weighted by molar-refractivity contribution is 6.21. The molecule has 3 amide bonds. The lowest BCUT2D eigenvalue weighted by atomic mass is 10.1. The van der Waals surface area contributed by atoms with Crippen LogP contribution in [0, 0.1) is 0 Å². The molecule has 1 saturated carbocycles. The van der Waals surface area contributed by atoms with Crippen LogP contribution in [-0.4, -0.2) is 43.9 Å². The zero-order chi connectivity index (χ0) is 23.5. The molecule has 0 bridgehead atoms. The number of hydrogen-bond acceptors (Lipinski definition) is 5. The standard InChI is InChI=1S/C26H27N5O3/c32-24(10-5-15-30-25(33)21-8-3-4-9-22(21)26(30)34)28-17-19-16-23(18-11-13-27-14-12-18)31(29-19)20-6-1-2-7-20/h3-4,8-9,11-14,16,20H,1-2,5-7,10,15,17H2,(H,28,32). The minimum absolute atomic E-state index is 0.127. The monoisotopic (exact) mass is 457 g/mol. The van der Waals surface area contributed by atoms with E-state index in [0.717, 1.165) is 29.8 Å². The molecule has 1 fully saturated rings. The average molecular weight is 458 g/mol. The SMILES string of the molecule is O=C(CCCN1C(=O)c2ccccc2C1=O)NCc1cc(-c2ccncc2)n(C2CCCC2)n1. The fourth-order valence-corrected chi connectivity index (χ4v) is 4.81. The molecule has 174 valence electrons. The molecular formula is C26H27N5O3. The van der Waals surface area contributed by atoms with Crippen molar-refractivity contribution in [1.82, 2.24) is 25.0 Å². The van der Waals surface area contributed by atoms with Gasteiger partial charge in [0, 0.05) is 30.9 Å². The van der Waals surface area contributed by atoms with Crippen molar-refractivity contribution in [2.75, 3.05) is 6.54 Å². The molecule has 5 rings (SSSR count). The number of imide groups is 1. The van der Waals surface area contributed by atoms with E-state index in [0.29, 0.717) is 30.1 Å². The van der Waals surface area contributed by atoms with E-state index in [1.165, 1.54) is 17.7 Å². The van der Waals surface area contributed by atoms with Crippen molar-refractivity contribution in [1.29, 1.82) is 0 Å². The van der Waals surface area contributed by atoms with E-state index in [-0.39, 0.29) is 30.7 Å². The van der Waals surface area contributed by atoms with Crippen molar-refractivity contribution in [3.63, 3.8) is 0 Å². The minimum atomic E-state index is -0.290. The molecule has 2 aliphatic rings. The Morgan fingerprint density at radius 2 is 1.68 bits per heavy atom. The van der Waals surface area contributed by atoms with E-state index in [9.17, 15) is 14.4 Å². The third-order valence-electron chi connectivity index (χ3n) is 6.56. The van der Waals surface area contributed by atoms with Gasteiger partial charge in [0.1, 0.15) is 0 Å². The van der Waals surface area contributed by atoms with Gasteiger partial charge in [-0.15, -0.1) is 0 Å². The number of pyridine rings is 1. The summed E-state index contributed by atoms with van der Waals surface area (Å²) >= 11 is 0. The summed E-state index contributed by atoms with van der Waals surface area (Å²) in [4.78, 5) is 42.7. The van der Waals surface area contributed by atoms with Crippen molar-refractivity contribution in [3.8, 4) is 11.3 Å². The van der Waals surface area contributed by atoms with E-state index in [1.807, 2.05) is 18.2 Å². The molecule has 0 atom stereocenters. The van der Waals surface area contributed by atoms with Gasteiger partial charge in [0.05, 0.1) is 35.1 Å². The maximum Gasteiger partial charge on any atom is 0.261 e. The van der Waals surface area contributed by atoms with E-state index < -0.39 is 0 Å². The van der Waals surface area contributed by atoms with Crippen LogP contribution >= 0.6 is 0 Å². The van der Waals surface area contributed by atoms with Gasteiger partial charge in [-0.05, 0) is 49.6 Å². The molecule has 8 nitrogen and oxygen atoms in total. The first-order valence-electron chi connectivity index (χ1n) is 11.8. The Morgan fingerprint density at radius 1 is 1.00 bits per heavy atom. The Kier molecular flexibility index (Phi) is 6.20. The van der Waals surface area contributed by atoms with Crippen LogP contribution in [-0.2, 0) is 11.3 Å². The Labute approximate surface area is 198 Å². The zero-order valence-corrected chi connectivity index (χ0v) is 18.9. The van der Waals surface area contributed by atoms with Gasteiger partial charge < -0.3 is 5.32 Å². The van der Waals surface area contributed by atoms with Gasteiger partial charge in [0.25, 0.3) is 11.8 Å². The maximum atomic E-state index is 12.4.